The highest BCUT2D eigenvalue weighted by Crippen LogP contribution is 2.30. The molecule has 0 saturated heterocycles. The van der Waals surface area contributed by atoms with Crippen molar-refractivity contribution in [2.45, 2.75) is 32.8 Å². The Morgan fingerprint density at radius 3 is 2.73 bits per heavy atom. The van der Waals surface area contributed by atoms with Crippen molar-refractivity contribution >= 4 is 35.4 Å². The topological polar surface area (TPSA) is 76.4 Å². The Balaban J connectivity index is 2.33. The summed E-state index contributed by atoms with van der Waals surface area (Å²) in [5, 5.41) is 12.6. The highest BCUT2D eigenvalue weighted by atomic mass is 32.1. The minimum Gasteiger partial charge on any atom is -0.506 e. The number of amides is 1. The summed E-state index contributed by atoms with van der Waals surface area (Å²) >= 11 is 4.21. The van der Waals surface area contributed by atoms with Crippen LogP contribution in [0.2, 0.25) is 0 Å². The Kier molecular flexibility index (Phi) is 4.55. The van der Waals surface area contributed by atoms with Gasteiger partial charge in [0.1, 0.15) is 17.2 Å². The second kappa shape index (κ2) is 6.08. The largest absolute Gasteiger partial charge is 0.506 e. The summed E-state index contributed by atoms with van der Waals surface area (Å²) in [6, 6.07) is 3.22. The average molecular weight is 323 g/mol. The molecule has 0 aliphatic rings. The smallest absolute Gasteiger partial charge is 0.412 e. The molecule has 6 nitrogen and oxygen atoms in total. The number of phenolic OH excluding ortho intramolecular Hbond substituents is 1. The number of carbonyl (C=O) groups is 1. The number of phenols is 1. The van der Waals surface area contributed by atoms with E-state index in [4.69, 9.17) is 4.74 Å². The lowest BCUT2D eigenvalue weighted by Gasteiger charge is -2.20. The number of carbonyl (C=O) groups excluding carboxylic acids is 1. The van der Waals surface area contributed by atoms with Gasteiger partial charge < -0.3 is 14.4 Å². The van der Waals surface area contributed by atoms with E-state index < -0.39 is 11.7 Å². The molecule has 1 amide bonds. The van der Waals surface area contributed by atoms with Gasteiger partial charge in [0.05, 0.1) is 16.7 Å². The van der Waals surface area contributed by atoms with Gasteiger partial charge in [0.2, 0.25) is 0 Å². The van der Waals surface area contributed by atoms with E-state index in [1.54, 1.807) is 26.8 Å². The highest BCUT2D eigenvalue weighted by molar-refractivity contribution is 7.80. The van der Waals surface area contributed by atoms with Gasteiger partial charge in [-0.3, -0.25) is 5.32 Å². The van der Waals surface area contributed by atoms with E-state index in [0.717, 1.165) is 17.8 Å². The molecule has 1 aromatic carbocycles. The number of ether oxygens (including phenoxy) is 1. The molecule has 2 aromatic rings. The van der Waals surface area contributed by atoms with Crippen molar-refractivity contribution in [1.29, 1.82) is 0 Å². The van der Waals surface area contributed by atoms with E-state index in [1.165, 1.54) is 6.07 Å². The van der Waals surface area contributed by atoms with Crippen molar-refractivity contribution in [2.24, 2.45) is 7.05 Å². The molecule has 1 aromatic heterocycles. The maximum absolute atomic E-state index is 11.8. The number of nitrogens with zero attached hydrogens (tertiary/aromatic N) is 2. The van der Waals surface area contributed by atoms with Gasteiger partial charge in [-0.05, 0) is 32.6 Å². The standard InChI is InChI=1S/C15H21N3O3S/c1-15(2,3)21-14(20)17-10-7-11-9(8-12(10)19)16-13(5-6-22)18(11)4/h7-8,19,22H,5-6H2,1-4H3,(H,17,20). The number of hydrogen-bond donors (Lipinski definition) is 3. The molecule has 0 spiro atoms. The zero-order chi connectivity index (χ0) is 16.5. The summed E-state index contributed by atoms with van der Waals surface area (Å²) in [7, 11) is 1.89. The lowest BCUT2D eigenvalue weighted by Crippen LogP contribution is -2.27. The zero-order valence-electron chi connectivity index (χ0n) is 13.2. The Hall–Kier alpha value is -1.89. The molecule has 2 N–H and O–H groups in total. The molecule has 120 valence electrons. The van der Waals surface area contributed by atoms with Crippen molar-refractivity contribution in [3.05, 3.63) is 18.0 Å². The molecule has 0 radical (unpaired) electrons. The fraction of sp³-hybridized carbons (Fsp3) is 0.467. The van der Waals surface area contributed by atoms with Crippen LogP contribution in [0.1, 0.15) is 26.6 Å². The Morgan fingerprint density at radius 1 is 1.45 bits per heavy atom. The van der Waals surface area contributed by atoms with Crippen molar-refractivity contribution in [1.82, 2.24) is 9.55 Å². The lowest BCUT2D eigenvalue weighted by molar-refractivity contribution is 0.0635. The van der Waals surface area contributed by atoms with Crippen LogP contribution in [0.15, 0.2) is 12.1 Å². The Morgan fingerprint density at radius 2 is 2.14 bits per heavy atom. The molecule has 1 heterocycles. The van der Waals surface area contributed by atoms with Gasteiger partial charge in [0.25, 0.3) is 0 Å². The molecular weight excluding hydrogens is 302 g/mol. The van der Waals surface area contributed by atoms with E-state index in [-0.39, 0.29) is 5.75 Å². The van der Waals surface area contributed by atoms with Crippen LogP contribution in [0.4, 0.5) is 10.5 Å². The van der Waals surface area contributed by atoms with Crippen LogP contribution < -0.4 is 5.32 Å². The zero-order valence-corrected chi connectivity index (χ0v) is 14.1. The molecule has 7 heteroatoms. The van der Waals surface area contributed by atoms with Crippen LogP contribution in [0, 0.1) is 0 Å². The molecule has 2 rings (SSSR count). The number of aromatic nitrogens is 2. The molecule has 0 fully saturated rings. The van der Waals surface area contributed by atoms with Crippen LogP contribution in [0.5, 0.6) is 5.75 Å². The van der Waals surface area contributed by atoms with E-state index in [2.05, 4.69) is 22.9 Å². The second-order valence-electron chi connectivity index (χ2n) is 6.05. The summed E-state index contributed by atoms with van der Waals surface area (Å²) < 4.78 is 7.11. The first kappa shape index (κ1) is 16.5. The fourth-order valence-corrected chi connectivity index (χ4v) is 2.31. The van der Waals surface area contributed by atoms with E-state index in [9.17, 15) is 9.90 Å². The number of imidazole rings is 1. The number of anilines is 1. The van der Waals surface area contributed by atoms with Crippen LogP contribution in [-0.4, -0.2) is 32.1 Å². The molecule has 0 aliphatic heterocycles. The Labute approximate surface area is 134 Å². The maximum atomic E-state index is 11.8. The second-order valence-corrected chi connectivity index (χ2v) is 6.49. The van der Waals surface area contributed by atoms with Gasteiger partial charge in [-0.15, -0.1) is 0 Å². The van der Waals surface area contributed by atoms with Crippen LogP contribution in [0.25, 0.3) is 11.0 Å². The van der Waals surface area contributed by atoms with Crippen LogP contribution in [-0.2, 0) is 18.2 Å². The number of benzene rings is 1. The number of nitrogens with one attached hydrogen (secondary N) is 1. The van der Waals surface area contributed by atoms with Gasteiger partial charge in [-0.2, -0.15) is 12.6 Å². The minimum absolute atomic E-state index is 0.0473. The number of hydrogen-bond acceptors (Lipinski definition) is 5. The molecule has 0 unspecified atom stereocenters. The van der Waals surface area contributed by atoms with E-state index in [1.807, 2.05) is 11.6 Å². The lowest BCUT2D eigenvalue weighted by atomic mass is 10.2. The number of aromatic hydroxyl groups is 1. The molecule has 0 saturated carbocycles. The minimum atomic E-state index is -0.611. The van der Waals surface area contributed by atoms with Crippen molar-refractivity contribution in [2.75, 3.05) is 11.1 Å². The first-order valence-corrected chi connectivity index (χ1v) is 7.63. The first-order valence-electron chi connectivity index (χ1n) is 7.00. The maximum Gasteiger partial charge on any atom is 0.412 e. The third kappa shape index (κ3) is 3.65. The van der Waals surface area contributed by atoms with E-state index >= 15 is 0 Å². The highest BCUT2D eigenvalue weighted by Gasteiger charge is 2.18. The van der Waals surface area contributed by atoms with Crippen molar-refractivity contribution in [3.8, 4) is 5.75 Å². The van der Waals surface area contributed by atoms with Gasteiger partial charge in [0.15, 0.2) is 0 Å². The molecular formula is C15H21N3O3S. The fourth-order valence-electron chi connectivity index (χ4n) is 2.11. The first-order chi connectivity index (χ1) is 10.2. The SMILES string of the molecule is Cn1c(CCS)nc2cc(O)c(NC(=O)OC(C)(C)C)cc21. The summed E-state index contributed by atoms with van der Waals surface area (Å²) in [5.41, 5.74) is 1.19. The molecule has 22 heavy (non-hydrogen) atoms. The van der Waals surface area contributed by atoms with Gasteiger partial charge in [-0.1, -0.05) is 0 Å². The monoisotopic (exact) mass is 323 g/mol. The predicted octanol–water partition coefficient (Wildman–Crippen LogP) is 3.10. The number of fused-ring (bicyclic) bond motifs is 1. The summed E-state index contributed by atoms with van der Waals surface area (Å²) in [5.74, 6) is 1.51. The van der Waals surface area contributed by atoms with Crippen molar-refractivity contribution in [3.63, 3.8) is 0 Å². The van der Waals surface area contributed by atoms with Gasteiger partial charge in [-0.25, -0.2) is 9.78 Å². The summed E-state index contributed by atoms with van der Waals surface area (Å²) in [6.07, 6.45) is 0.115. The predicted molar refractivity (Wildman–Crippen MR) is 89.8 cm³/mol. The van der Waals surface area contributed by atoms with Crippen LogP contribution >= 0.6 is 12.6 Å². The summed E-state index contributed by atoms with van der Waals surface area (Å²) in [4.78, 5) is 16.3. The molecule has 0 bridgehead atoms. The quantitative estimate of drug-likeness (QED) is 0.599. The van der Waals surface area contributed by atoms with Gasteiger partial charge >= 0.3 is 6.09 Å². The third-order valence-electron chi connectivity index (χ3n) is 3.06. The van der Waals surface area contributed by atoms with Crippen molar-refractivity contribution < 1.29 is 14.6 Å². The average Bonchev–Trinajstić information content (AvgIpc) is 2.65. The third-order valence-corrected chi connectivity index (χ3v) is 3.29. The van der Waals surface area contributed by atoms with Gasteiger partial charge in [0, 0.05) is 19.5 Å². The molecule has 0 aliphatic carbocycles. The van der Waals surface area contributed by atoms with E-state index in [0.29, 0.717) is 17.0 Å². The normalized spacial score (nSPS) is 11.7. The summed E-state index contributed by atoms with van der Waals surface area (Å²) in [6.45, 7) is 5.33. The molecule has 0 atom stereocenters. The number of aryl methyl sites for hydroxylation is 2. The number of thiol groups is 1. The number of rotatable bonds is 3. The Bertz CT molecular complexity index is 704. The van der Waals surface area contributed by atoms with Crippen LogP contribution in [0.3, 0.4) is 0 Å².